The summed E-state index contributed by atoms with van der Waals surface area (Å²) in [4.78, 5) is 0. The minimum absolute atomic E-state index is 0.588. The maximum Gasteiger partial charge on any atom is 0.153 e. The lowest BCUT2D eigenvalue weighted by molar-refractivity contribution is 0.300. The normalized spacial score (nSPS) is 10.8. The number of nitrogen functional groups attached to an aromatic ring is 1. The first-order valence-corrected chi connectivity index (χ1v) is 6.73. The van der Waals surface area contributed by atoms with E-state index < -0.39 is 0 Å². The Bertz CT molecular complexity index is 691. The zero-order valence-electron chi connectivity index (χ0n) is 11.2. The quantitative estimate of drug-likeness (QED) is 0.723. The zero-order chi connectivity index (χ0) is 13.8. The van der Waals surface area contributed by atoms with E-state index in [1.54, 1.807) is 0 Å². The summed E-state index contributed by atoms with van der Waals surface area (Å²) in [5.74, 6) is 1.49. The fourth-order valence-corrected chi connectivity index (χ4v) is 2.24. The minimum Gasteiger partial charge on any atom is -0.494 e. The van der Waals surface area contributed by atoms with Gasteiger partial charge >= 0.3 is 0 Å². The second-order valence-electron chi connectivity index (χ2n) is 4.64. The van der Waals surface area contributed by atoms with Crippen molar-refractivity contribution in [3.8, 4) is 5.75 Å². The first-order chi connectivity index (χ1) is 9.84. The lowest BCUT2D eigenvalue weighted by Gasteiger charge is -2.06. The van der Waals surface area contributed by atoms with Crippen molar-refractivity contribution in [2.75, 3.05) is 12.3 Å². The fraction of sp³-hybridized carbons (Fsp3) is 0.188. The van der Waals surface area contributed by atoms with E-state index in [0.717, 1.165) is 29.6 Å². The Balaban J connectivity index is 1.60. The molecule has 0 aliphatic heterocycles. The maximum atomic E-state index is 5.91. The van der Waals surface area contributed by atoms with Gasteiger partial charge in [-0.1, -0.05) is 30.3 Å². The predicted molar refractivity (Wildman–Crippen MR) is 80.7 cm³/mol. The second kappa shape index (κ2) is 5.65. The number of ether oxygens (including phenoxy) is 1. The van der Waals surface area contributed by atoms with E-state index in [0.29, 0.717) is 12.4 Å². The molecule has 0 saturated heterocycles. The highest BCUT2D eigenvalue weighted by Crippen LogP contribution is 2.20. The molecule has 0 aliphatic rings. The molecule has 102 valence electrons. The Kier molecular flexibility index (Phi) is 3.54. The van der Waals surface area contributed by atoms with Gasteiger partial charge in [-0.05, 0) is 24.3 Å². The number of nitrogens with two attached hydrogens (primary N) is 1. The maximum absolute atomic E-state index is 5.91. The molecule has 0 amide bonds. The number of nitrogens with zero attached hydrogens (tertiary/aromatic N) is 2. The number of anilines is 1. The molecule has 0 saturated carbocycles. The molecule has 0 atom stereocenters. The van der Waals surface area contributed by atoms with Crippen LogP contribution in [0.3, 0.4) is 0 Å². The summed E-state index contributed by atoms with van der Waals surface area (Å²) in [7, 11) is 0. The SMILES string of the molecule is Nc1nn(CCCOc2ccccc2)c2ccccc12. The molecule has 0 unspecified atom stereocenters. The number of hydrogen-bond acceptors (Lipinski definition) is 3. The predicted octanol–water partition coefficient (Wildman–Crippen LogP) is 3.09. The van der Waals surface area contributed by atoms with Crippen LogP contribution in [0.1, 0.15) is 6.42 Å². The third-order valence-electron chi connectivity index (χ3n) is 3.21. The summed E-state index contributed by atoms with van der Waals surface area (Å²) in [5.41, 5.74) is 6.98. The van der Waals surface area contributed by atoms with Crippen molar-refractivity contribution in [2.45, 2.75) is 13.0 Å². The van der Waals surface area contributed by atoms with Crippen LogP contribution in [-0.4, -0.2) is 16.4 Å². The molecule has 3 aromatic rings. The Hall–Kier alpha value is -2.49. The minimum atomic E-state index is 0.588. The molecule has 0 radical (unpaired) electrons. The molecule has 0 fully saturated rings. The van der Waals surface area contributed by atoms with Gasteiger partial charge in [-0.3, -0.25) is 4.68 Å². The van der Waals surface area contributed by atoms with Crippen LogP contribution in [0.5, 0.6) is 5.75 Å². The molecular formula is C16H17N3O. The topological polar surface area (TPSA) is 53.1 Å². The molecule has 1 heterocycles. The number of rotatable bonds is 5. The highest BCUT2D eigenvalue weighted by molar-refractivity contribution is 5.88. The van der Waals surface area contributed by atoms with Gasteiger partial charge in [0.2, 0.25) is 0 Å². The summed E-state index contributed by atoms with van der Waals surface area (Å²) in [6.45, 7) is 1.46. The average molecular weight is 267 g/mol. The molecule has 4 heteroatoms. The van der Waals surface area contributed by atoms with Crippen LogP contribution in [-0.2, 0) is 6.54 Å². The van der Waals surface area contributed by atoms with Crippen molar-refractivity contribution < 1.29 is 4.74 Å². The number of hydrogen-bond donors (Lipinski definition) is 1. The molecule has 0 bridgehead atoms. The van der Waals surface area contributed by atoms with Crippen LogP contribution >= 0.6 is 0 Å². The third-order valence-corrected chi connectivity index (χ3v) is 3.21. The molecular weight excluding hydrogens is 250 g/mol. The zero-order valence-corrected chi connectivity index (χ0v) is 11.2. The van der Waals surface area contributed by atoms with Crippen LogP contribution in [0, 0.1) is 0 Å². The Labute approximate surface area is 117 Å². The molecule has 1 aromatic heterocycles. The summed E-state index contributed by atoms with van der Waals surface area (Å²) in [6.07, 6.45) is 0.889. The van der Waals surface area contributed by atoms with Crippen LogP contribution in [0.25, 0.3) is 10.9 Å². The van der Waals surface area contributed by atoms with E-state index >= 15 is 0 Å². The van der Waals surface area contributed by atoms with Crippen molar-refractivity contribution in [1.29, 1.82) is 0 Å². The van der Waals surface area contributed by atoms with E-state index in [4.69, 9.17) is 10.5 Å². The summed E-state index contributed by atoms with van der Waals surface area (Å²) >= 11 is 0. The smallest absolute Gasteiger partial charge is 0.153 e. The van der Waals surface area contributed by atoms with E-state index in [1.165, 1.54) is 0 Å². The van der Waals surface area contributed by atoms with Crippen molar-refractivity contribution in [3.05, 3.63) is 54.6 Å². The van der Waals surface area contributed by atoms with Gasteiger partial charge in [0.25, 0.3) is 0 Å². The van der Waals surface area contributed by atoms with E-state index in [-0.39, 0.29) is 0 Å². The molecule has 0 aliphatic carbocycles. The number of aromatic nitrogens is 2. The molecule has 4 nitrogen and oxygen atoms in total. The number of fused-ring (bicyclic) bond motifs is 1. The number of para-hydroxylation sites is 2. The highest BCUT2D eigenvalue weighted by Gasteiger charge is 2.06. The molecule has 0 spiro atoms. The first kappa shape index (κ1) is 12.5. The van der Waals surface area contributed by atoms with Crippen LogP contribution in [0.4, 0.5) is 5.82 Å². The average Bonchev–Trinajstić information content (AvgIpc) is 2.82. The van der Waals surface area contributed by atoms with Crippen molar-refractivity contribution >= 4 is 16.7 Å². The lowest BCUT2D eigenvalue weighted by Crippen LogP contribution is -2.06. The summed E-state index contributed by atoms with van der Waals surface area (Å²) in [5, 5.41) is 5.38. The van der Waals surface area contributed by atoms with Gasteiger partial charge in [-0.25, -0.2) is 0 Å². The lowest BCUT2D eigenvalue weighted by atomic mass is 10.2. The second-order valence-corrected chi connectivity index (χ2v) is 4.64. The van der Waals surface area contributed by atoms with Crippen LogP contribution in [0.15, 0.2) is 54.6 Å². The van der Waals surface area contributed by atoms with Gasteiger partial charge in [0.1, 0.15) is 5.75 Å². The van der Waals surface area contributed by atoms with Gasteiger partial charge < -0.3 is 10.5 Å². The summed E-state index contributed by atoms with van der Waals surface area (Å²) in [6, 6.07) is 17.8. The van der Waals surface area contributed by atoms with Crippen LogP contribution in [0.2, 0.25) is 0 Å². The van der Waals surface area contributed by atoms with E-state index in [2.05, 4.69) is 5.10 Å². The van der Waals surface area contributed by atoms with Crippen molar-refractivity contribution in [1.82, 2.24) is 9.78 Å². The van der Waals surface area contributed by atoms with Gasteiger partial charge in [-0.2, -0.15) is 5.10 Å². The van der Waals surface area contributed by atoms with E-state index in [9.17, 15) is 0 Å². The Morgan fingerprint density at radius 3 is 2.60 bits per heavy atom. The molecule has 2 N–H and O–H groups in total. The Morgan fingerprint density at radius 1 is 1.00 bits per heavy atom. The van der Waals surface area contributed by atoms with Crippen molar-refractivity contribution in [3.63, 3.8) is 0 Å². The highest BCUT2D eigenvalue weighted by atomic mass is 16.5. The van der Waals surface area contributed by atoms with Gasteiger partial charge in [0, 0.05) is 18.4 Å². The van der Waals surface area contributed by atoms with Crippen molar-refractivity contribution in [2.24, 2.45) is 0 Å². The van der Waals surface area contributed by atoms with Gasteiger partial charge in [0.15, 0.2) is 5.82 Å². The number of aryl methyl sites for hydroxylation is 1. The number of benzene rings is 2. The van der Waals surface area contributed by atoms with Crippen LogP contribution < -0.4 is 10.5 Å². The molecule has 2 aromatic carbocycles. The Morgan fingerprint density at radius 2 is 1.75 bits per heavy atom. The standard InChI is InChI=1S/C16H17N3O/c17-16-14-9-4-5-10-15(14)19(18-16)11-6-12-20-13-7-2-1-3-8-13/h1-5,7-10H,6,11-12H2,(H2,17,18). The van der Waals surface area contributed by atoms with Gasteiger partial charge in [-0.15, -0.1) is 0 Å². The molecule has 20 heavy (non-hydrogen) atoms. The van der Waals surface area contributed by atoms with E-state index in [1.807, 2.05) is 59.3 Å². The largest absolute Gasteiger partial charge is 0.494 e. The molecule has 3 rings (SSSR count). The van der Waals surface area contributed by atoms with Gasteiger partial charge in [0.05, 0.1) is 12.1 Å². The summed E-state index contributed by atoms with van der Waals surface area (Å²) < 4.78 is 7.62. The first-order valence-electron chi connectivity index (χ1n) is 6.73. The third kappa shape index (κ3) is 2.59. The fourth-order valence-electron chi connectivity index (χ4n) is 2.24. The monoisotopic (exact) mass is 267 g/mol.